The Kier molecular flexibility index (Phi) is 5.20. The molecule has 7 heteroatoms. The molecule has 1 aliphatic carbocycles. The summed E-state index contributed by atoms with van der Waals surface area (Å²) in [5, 5.41) is 12.5. The van der Waals surface area contributed by atoms with E-state index in [2.05, 4.69) is 49.1 Å². The lowest BCUT2D eigenvalue weighted by atomic mass is 10.00. The second-order valence-electron chi connectivity index (χ2n) is 8.32. The highest BCUT2D eigenvalue weighted by Crippen LogP contribution is 2.39. The van der Waals surface area contributed by atoms with Crippen LogP contribution in [0.2, 0.25) is 0 Å². The maximum atomic E-state index is 9.12. The molecule has 0 spiro atoms. The molecule has 5 rings (SSSR count). The van der Waals surface area contributed by atoms with Crippen molar-refractivity contribution in [1.82, 2.24) is 19.4 Å². The maximum Gasteiger partial charge on any atom is 0.218 e. The zero-order valence-electron chi connectivity index (χ0n) is 18.2. The summed E-state index contributed by atoms with van der Waals surface area (Å²) in [6.45, 7) is 4.98. The van der Waals surface area contributed by atoms with E-state index in [0.717, 1.165) is 28.0 Å². The number of pyridine rings is 1. The van der Waals surface area contributed by atoms with E-state index in [1.54, 1.807) is 6.07 Å². The molecule has 0 bridgehead atoms. The van der Waals surface area contributed by atoms with E-state index in [4.69, 9.17) is 10.00 Å². The van der Waals surface area contributed by atoms with E-state index in [1.165, 1.54) is 24.7 Å². The minimum absolute atomic E-state index is 0.338. The van der Waals surface area contributed by atoms with Crippen LogP contribution in [0.4, 0.5) is 5.82 Å². The van der Waals surface area contributed by atoms with Gasteiger partial charge in [0.15, 0.2) is 0 Å². The van der Waals surface area contributed by atoms with Crippen molar-refractivity contribution >= 4 is 11.5 Å². The summed E-state index contributed by atoms with van der Waals surface area (Å²) in [6, 6.07) is 12.0. The van der Waals surface area contributed by atoms with Crippen LogP contribution in [0.3, 0.4) is 0 Å². The summed E-state index contributed by atoms with van der Waals surface area (Å²) in [4.78, 5) is 13.2. The summed E-state index contributed by atoms with van der Waals surface area (Å²) in [7, 11) is 0. The molecule has 1 N–H and O–H groups in total. The van der Waals surface area contributed by atoms with Gasteiger partial charge in [0.05, 0.1) is 17.3 Å². The number of aryl methyl sites for hydroxylation is 2. The Labute approximate surface area is 186 Å². The molecule has 0 saturated heterocycles. The first-order valence-electron chi connectivity index (χ1n) is 10.8. The summed E-state index contributed by atoms with van der Waals surface area (Å²) in [6.07, 6.45) is 8.23. The molecule has 160 valence electrons. The van der Waals surface area contributed by atoms with Gasteiger partial charge in [-0.15, -0.1) is 0 Å². The Hall–Kier alpha value is -3.92. The largest absolute Gasteiger partial charge is 0.471 e. The number of nitriles is 1. The minimum atomic E-state index is 0.338. The second-order valence-corrected chi connectivity index (χ2v) is 8.32. The molecule has 3 aromatic heterocycles. The van der Waals surface area contributed by atoms with Crippen LogP contribution >= 0.6 is 0 Å². The third-order valence-electron chi connectivity index (χ3n) is 5.85. The van der Waals surface area contributed by atoms with E-state index in [0.29, 0.717) is 36.3 Å². The average molecular weight is 425 g/mol. The average Bonchev–Trinajstić information content (AvgIpc) is 3.56. The van der Waals surface area contributed by atoms with Gasteiger partial charge in [0, 0.05) is 25.0 Å². The third-order valence-corrected chi connectivity index (χ3v) is 5.85. The number of benzene rings is 1. The van der Waals surface area contributed by atoms with Crippen molar-refractivity contribution < 1.29 is 4.74 Å². The van der Waals surface area contributed by atoms with Crippen molar-refractivity contribution in [2.45, 2.75) is 45.8 Å². The van der Waals surface area contributed by atoms with Crippen LogP contribution in [0.25, 0.3) is 5.65 Å². The summed E-state index contributed by atoms with van der Waals surface area (Å²) in [5.41, 5.74) is 7.15. The number of imidazole rings is 1. The van der Waals surface area contributed by atoms with Gasteiger partial charge < -0.3 is 14.5 Å². The van der Waals surface area contributed by atoms with E-state index in [9.17, 15) is 0 Å². The topological polar surface area (TPSA) is 88.1 Å². The van der Waals surface area contributed by atoms with Crippen molar-refractivity contribution in [2.75, 3.05) is 5.32 Å². The molecule has 0 atom stereocenters. The van der Waals surface area contributed by atoms with Gasteiger partial charge in [-0.25, -0.2) is 15.0 Å². The number of nitrogens with zero attached hydrogens (tertiary/aromatic N) is 5. The van der Waals surface area contributed by atoms with Crippen LogP contribution in [0, 0.1) is 25.2 Å². The third kappa shape index (κ3) is 4.26. The van der Waals surface area contributed by atoms with Crippen molar-refractivity contribution in [3.05, 3.63) is 82.6 Å². The van der Waals surface area contributed by atoms with Crippen LogP contribution in [0.1, 0.15) is 52.3 Å². The molecule has 4 aromatic rings. The highest BCUT2D eigenvalue weighted by molar-refractivity contribution is 5.46. The Balaban J connectivity index is 1.24. The Bertz CT molecular complexity index is 1310. The number of ether oxygens (including phenoxy) is 1. The Morgan fingerprint density at radius 3 is 2.69 bits per heavy atom. The molecule has 0 unspecified atom stereocenters. The number of nitrogens with one attached hydrogen (secondary N) is 1. The second kappa shape index (κ2) is 8.31. The van der Waals surface area contributed by atoms with E-state index in [1.807, 2.05) is 32.2 Å². The zero-order valence-corrected chi connectivity index (χ0v) is 18.2. The number of aromatic nitrogens is 4. The summed E-state index contributed by atoms with van der Waals surface area (Å²) < 4.78 is 7.95. The monoisotopic (exact) mass is 424 g/mol. The van der Waals surface area contributed by atoms with Gasteiger partial charge in [-0.05, 0) is 73.1 Å². The molecule has 1 aliphatic rings. The van der Waals surface area contributed by atoms with Crippen LogP contribution in [0.15, 0.2) is 49.1 Å². The van der Waals surface area contributed by atoms with Gasteiger partial charge in [0.2, 0.25) is 5.88 Å². The molecule has 0 aliphatic heterocycles. The lowest BCUT2D eigenvalue weighted by Gasteiger charge is -2.12. The van der Waals surface area contributed by atoms with Crippen LogP contribution in [0.5, 0.6) is 5.88 Å². The summed E-state index contributed by atoms with van der Waals surface area (Å²) in [5.74, 6) is 1.89. The number of hydrogen-bond acceptors (Lipinski definition) is 6. The van der Waals surface area contributed by atoms with Gasteiger partial charge in [-0.1, -0.05) is 6.07 Å². The van der Waals surface area contributed by atoms with Crippen molar-refractivity contribution in [2.24, 2.45) is 0 Å². The van der Waals surface area contributed by atoms with Crippen LogP contribution in [-0.2, 0) is 13.2 Å². The lowest BCUT2D eigenvalue weighted by molar-refractivity contribution is 0.289. The number of fused-ring (bicyclic) bond motifs is 1. The van der Waals surface area contributed by atoms with E-state index in [-0.39, 0.29) is 0 Å². The molecule has 7 nitrogen and oxygen atoms in total. The fourth-order valence-corrected chi connectivity index (χ4v) is 3.97. The van der Waals surface area contributed by atoms with E-state index < -0.39 is 0 Å². The summed E-state index contributed by atoms with van der Waals surface area (Å²) >= 11 is 0. The van der Waals surface area contributed by atoms with Gasteiger partial charge in [-0.3, -0.25) is 0 Å². The van der Waals surface area contributed by atoms with Crippen molar-refractivity contribution in [3.63, 3.8) is 0 Å². The lowest BCUT2D eigenvalue weighted by Crippen LogP contribution is -2.06. The molecule has 1 fully saturated rings. The highest BCUT2D eigenvalue weighted by atomic mass is 16.5. The van der Waals surface area contributed by atoms with Gasteiger partial charge in [0.1, 0.15) is 24.4 Å². The predicted octanol–water partition coefficient (Wildman–Crippen LogP) is 4.68. The minimum Gasteiger partial charge on any atom is -0.471 e. The molecule has 1 saturated carbocycles. The SMILES string of the molecule is Cc1cc(C#N)cc(C)c1CNc1cc(OCc2cn3cc(C4CC4)ccc3n2)ncn1. The van der Waals surface area contributed by atoms with Gasteiger partial charge >= 0.3 is 0 Å². The zero-order chi connectivity index (χ0) is 22.1. The first-order chi connectivity index (χ1) is 15.6. The van der Waals surface area contributed by atoms with E-state index >= 15 is 0 Å². The van der Waals surface area contributed by atoms with Crippen LogP contribution < -0.4 is 10.1 Å². The van der Waals surface area contributed by atoms with Gasteiger partial charge in [0.25, 0.3) is 0 Å². The number of hydrogen-bond donors (Lipinski definition) is 1. The number of rotatable bonds is 7. The smallest absolute Gasteiger partial charge is 0.218 e. The fourth-order valence-electron chi connectivity index (χ4n) is 3.97. The number of anilines is 1. The van der Waals surface area contributed by atoms with Crippen molar-refractivity contribution in [1.29, 1.82) is 5.26 Å². The quantitative estimate of drug-likeness (QED) is 0.463. The first-order valence-corrected chi connectivity index (χ1v) is 10.8. The fraction of sp³-hybridized carbons (Fsp3) is 0.280. The highest BCUT2D eigenvalue weighted by Gasteiger charge is 2.23. The Morgan fingerprint density at radius 2 is 1.94 bits per heavy atom. The molecule has 0 radical (unpaired) electrons. The van der Waals surface area contributed by atoms with Gasteiger partial charge in [-0.2, -0.15) is 5.26 Å². The standard InChI is InChI=1S/C25H24N6O/c1-16-7-18(10-26)8-17(2)22(16)11-27-23-9-25(29-15-28-23)32-14-21-13-31-12-20(19-3-4-19)5-6-24(31)30-21/h5-9,12-13,15,19H,3-4,11,14H2,1-2H3,(H,27,28,29). The molecular formula is C25H24N6O. The molecule has 32 heavy (non-hydrogen) atoms. The maximum absolute atomic E-state index is 9.12. The molecule has 3 heterocycles. The Morgan fingerprint density at radius 1 is 1.12 bits per heavy atom. The predicted molar refractivity (Wildman–Crippen MR) is 121 cm³/mol. The van der Waals surface area contributed by atoms with Crippen LogP contribution in [-0.4, -0.2) is 19.4 Å². The van der Waals surface area contributed by atoms with Crippen molar-refractivity contribution in [3.8, 4) is 11.9 Å². The molecule has 0 amide bonds. The first kappa shape index (κ1) is 20.0. The molecule has 1 aromatic carbocycles. The normalized spacial score (nSPS) is 13.2. The molecular weight excluding hydrogens is 400 g/mol.